The van der Waals surface area contributed by atoms with E-state index in [0.717, 1.165) is 39.6 Å². The van der Waals surface area contributed by atoms with Crippen LogP contribution in [0.1, 0.15) is 23.5 Å². The third-order valence-corrected chi connectivity index (χ3v) is 11.2. The van der Waals surface area contributed by atoms with Gasteiger partial charge in [0.25, 0.3) is 6.43 Å². The van der Waals surface area contributed by atoms with Crippen LogP contribution in [0.3, 0.4) is 0 Å². The van der Waals surface area contributed by atoms with Gasteiger partial charge in [0, 0.05) is 70.0 Å². The molecule has 15 nitrogen and oxygen atoms in total. The van der Waals surface area contributed by atoms with Crippen molar-refractivity contribution in [2.75, 3.05) is 40.1 Å². The highest BCUT2D eigenvalue weighted by atomic mass is 32.3. The molecule has 0 radical (unpaired) electrons. The van der Waals surface area contributed by atoms with Crippen molar-refractivity contribution in [1.82, 2.24) is 50.3 Å². The monoisotopic (exact) mass is 777 g/mol. The average molecular weight is 778 g/mol. The fraction of sp³-hybridized carbons (Fsp3) is 0.212. The van der Waals surface area contributed by atoms with Crippen LogP contribution in [0.15, 0.2) is 71.9 Å². The van der Waals surface area contributed by atoms with E-state index in [9.17, 15) is 17.9 Å². The van der Waals surface area contributed by atoms with E-state index in [1.807, 2.05) is 43.5 Å². The summed E-state index contributed by atoms with van der Waals surface area (Å²) in [5.41, 5.74) is 6.84. The summed E-state index contributed by atoms with van der Waals surface area (Å²) in [7, 11) is -2.42. The summed E-state index contributed by atoms with van der Waals surface area (Å²) < 4.78 is 45.4. The molecule has 1 fully saturated rings. The van der Waals surface area contributed by atoms with E-state index in [2.05, 4.69) is 66.9 Å². The standard InChI is InChI=1S/C21H23N7O2S2.C12H10F2N6S/c1-14-5-6-22-20(24-14)26-21-25-18(13-31-21)17-12-23-27-19(17)15-3-2-4-16(11-15)28-7-9-32(29,30)10-8-28;1-6-2-3-15-11(17-6)19-12-18-8(5-21-12)7-4-16-20-9(7)10(13)14/h2-6,11-13,29-30H,7-10H2,1H3,(H,23,27)(H,22,24,25,26);2-5,10H,1H3,(H,16,20)(H,15,17,18,19). The van der Waals surface area contributed by atoms with Crippen LogP contribution >= 0.6 is 33.3 Å². The summed E-state index contributed by atoms with van der Waals surface area (Å²) in [4.78, 5) is 28.0. The zero-order valence-corrected chi connectivity index (χ0v) is 30.7. The molecule has 0 aliphatic carbocycles. The Hall–Kier alpha value is -5.41. The number of thiazole rings is 2. The molecule has 0 spiro atoms. The minimum absolute atomic E-state index is 0.237. The third kappa shape index (κ3) is 8.80. The number of hydrogen-bond acceptors (Lipinski definition) is 15. The number of nitrogens with zero attached hydrogens (tertiary/aromatic N) is 9. The Morgan fingerprint density at radius 1 is 0.792 bits per heavy atom. The van der Waals surface area contributed by atoms with Crippen molar-refractivity contribution in [3.05, 3.63) is 89.0 Å². The minimum Gasteiger partial charge on any atom is -0.368 e. The third-order valence-electron chi connectivity index (χ3n) is 7.99. The van der Waals surface area contributed by atoms with Gasteiger partial charge in [-0.25, -0.2) is 38.7 Å². The number of benzene rings is 1. The Morgan fingerprint density at radius 2 is 1.38 bits per heavy atom. The van der Waals surface area contributed by atoms with Gasteiger partial charge < -0.3 is 15.5 Å². The molecule has 6 aromatic heterocycles. The lowest BCUT2D eigenvalue weighted by Gasteiger charge is -2.42. The van der Waals surface area contributed by atoms with Crippen molar-refractivity contribution in [3.8, 4) is 33.8 Å². The quantitative estimate of drug-likeness (QED) is 0.0826. The topological polar surface area (TPSA) is 202 Å². The molecule has 7 heterocycles. The van der Waals surface area contributed by atoms with Crippen LogP contribution in [0.2, 0.25) is 0 Å². The van der Waals surface area contributed by atoms with Crippen LogP contribution in [0.5, 0.6) is 0 Å². The summed E-state index contributed by atoms with van der Waals surface area (Å²) in [5.74, 6) is 1.75. The first kappa shape index (κ1) is 36.0. The zero-order valence-electron chi connectivity index (χ0n) is 28.2. The molecule has 0 saturated carbocycles. The summed E-state index contributed by atoms with van der Waals surface area (Å²) in [6, 6.07) is 11.8. The van der Waals surface area contributed by atoms with E-state index < -0.39 is 17.0 Å². The molecular formula is C33H33F2N13O2S3. The van der Waals surface area contributed by atoms with Gasteiger partial charge in [-0.05, 0) is 38.1 Å². The number of aryl methyl sites for hydroxylation is 2. The first-order valence-corrected chi connectivity index (χ1v) is 19.7. The second-order valence-electron chi connectivity index (χ2n) is 11.8. The fourth-order valence-corrected chi connectivity index (χ4v) is 7.97. The normalized spacial score (nSPS) is 14.4. The van der Waals surface area contributed by atoms with Gasteiger partial charge in [0.15, 0.2) is 10.3 Å². The van der Waals surface area contributed by atoms with Crippen LogP contribution in [-0.2, 0) is 0 Å². The van der Waals surface area contributed by atoms with Crippen LogP contribution in [0, 0.1) is 13.8 Å². The Morgan fingerprint density at radius 3 is 1.98 bits per heavy atom. The fourth-order valence-electron chi connectivity index (χ4n) is 5.33. The maximum atomic E-state index is 12.8. The van der Waals surface area contributed by atoms with Gasteiger partial charge >= 0.3 is 0 Å². The Bertz CT molecular complexity index is 2300. The molecule has 1 aliphatic rings. The SMILES string of the molecule is Cc1ccnc(Nc2nc(-c3cn[nH]c3-c3cccc(N4CCS(O)(O)CC4)c3)cs2)n1.Cc1ccnc(Nc2nc(-c3cn[nH]c3C(F)F)cs2)n1. The maximum Gasteiger partial charge on any atom is 0.280 e. The van der Waals surface area contributed by atoms with E-state index >= 15 is 0 Å². The summed E-state index contributed by atoms with van der Waals surface area (Å²) in [6.07, 6.45) is 3.83. The van der Waals surface area contributed by atoms with Crippen molar-refractivity contribution in [2.24, 2.45) is 0 Å². The van der Waals surface area contributed by atoms with Crippen molar-refractivity contribution in [2.45, 2.75) is 20.3 Å². The number of anilines is 5. The lowest BCUT2D eigenvalue weighted by Crippen LogP contribution is -2.38. The first-order valence-electron chi connectivity index (χ1n) is 16.1. The molecule has 7 aromatic rings. The number of halogens is 2. The molecule has 8 rings (SSSR count). The molecule has 0 amide bonds. The highest BCUT2D eigenvalue weighted by Gasteiger charge is 2.23. The first-order chi connectivity index (χ1) is 25.6. The van der Waals surface area contributed by atoms with Crippen molar-refractivity contribution in [3.63, 3.8) is 0 Å². The Kier molecular flexibility index (Phi) is 10.6. The maximum absolute atomic E-state index is 12.8. The van der Waals surface area contributed by atoms with Crippen molar-refractivity contribution >= 4 is 61.1 Å². The summed E-state index contributed by atoms with van der Waals surface area (Å²) >= 11 is 2.76. The number of aromatic nitrogens is 10. The predicted octanol–water partition coefficient (Wildman–Crippen LogP) is 7.93. The Labute approximate surface area is 311 Å². The molecule has 1 aromatic carbocycles. The van der Waals surface area contributed by atoms with Crippen molar-refractivity contribution < 1.29 is 17.9 Å². The number of nitrogens with one attached hydrogen (secondary N) is 4. The molecule has 0 atom stereocenters. The van der Waals surface area contributed by atoms with Crippen LogP contribution in [-0.4, -0.2) is 84.0 Å². The van der Waals surface area contributed by atoms with E-state index in [0.29, 0.717) is 58.0 Å². The summed E-state index contributed by atoms with van der Waals surface area (Å²) in [5, 5.41) is 24.3. The highest BCUT2D eigenvalue weighted by Crippen LogP contribution is 2.42. The number of H-pyrrole nitrogens is 2. The lowest BCUT2D eigenvalue weighted by atomic mass is 10.1. The van der Waals surface area contributed by atoms with E-state index in [1.165, 1.54) is 28.9 Å². The second kappa shape index (κ2) is 15.7. The minimum atomic E-state index is -2.62. The predicted molar refractivity (Wildman–Crippen MR) is 205 cm³/mol. The van der Waals surface area contributed by atoms with Gasteiger partial charge in [-0.15, -0.1) is 22.7 Å². The van der Waals surface area contributed by atoms with E-state index in [4.69, 9.17) is 4.98 Å². The lowest BCUT2D eigenvalue weighted by molar-refractivity contribution is 0.146. The molecule has 274 valence electrons. The number of rotatable bonds is 9. The molecule has 0 bridgehead atoms. The molecule has 53 heavy (non-hydrogen) atoms. The van der Waals surface area contributed by atoms with Gasteiger partial charge in [-0.2, -0.15) is 20.8 Å². The highest BCUT2D eigenvalue weighted by molar-refractivity contribution is 8.24. The average Bonchev–Trinajstić information content (AvgIpc) is 3.96. The molecule has 1 aliphatic heterocycles. The van der Waals surface area contributed by atoms with E-state index in [-0.39, 0.29) is 5.69 Å². The van der Waals surface area contributed by atoms with Crippen LogP contribution in [0.25, 0.3) is 33.8 Å². The number of hydrogen-bond donors (Lipinski definition) is 6. The molecular weight excluding hydrogens is 745 g/mol. The zero-order chi connectivity index (χ0) is 37.0. The molecule has 6 N–H and O–H groups in total. The smallest absolute Gasteiger partial charge is 0.280 e. The van der Waals surface area contributed by atoms with Gasteiger partial charge in [0.1, 0.15) is 5.69 Å². The summed E-state index contributed by atoms with van der Waals surface area (Å²) in [6.45, 7) is 5.02. The molecule has 20 heteroatoms. The Balaban J connectivity index is 0.000000179. The van der Waals surface area contributed by atoms with Gasteiger partial charge in [-0.3, -0.25) is 19.3 Å². The van der Waals surface area contributed by atoms with Gasteiger partial charge in [0.2, 0.25) is 11.9 Å². The van der Waals surface area contributed by atoms with E-state index in [1.54, 1.807) is 30.0 Å². The largest absolute Gasteiger partial charge is 0.368 e. The van der Waals surface area contributed by atoms with Gasteiger partial charge in [0.05, 0.1) is 41.0 Å². The molecule has 1 saturated heterocycles. The number of aromatic amines is 2. The molecule has 0 unspecified atom stereocenters. The van der Waals surface area contributed by atoms with Crippen molar-refractivity contribution in [1.29, 1.82) is 0 Å². The van der Waals surface area contributed by atoms with Gasteiger partial charge in [-0.1, -0.05) is 12.1 Å². The second-order valence-corrected chi connectivity index (χ2v) is 15.9. The van der Waals surface area contributed by atoms with Crippen LogP contribution < -0.4 is 15.5 Å². The van der Waals surface area contributed by atoms with Crippen LogP contribution in [0.4, 0.5) is 36.6 Å². The number of alkyl halides is 2.